The summed E-state index contributed by atoms with van der Waals surface area (Å²) >= 11 is 0. The molecule has 0 aromatic carbocycles. The largest absolute Gasteiger partial charge is 0.379 e. The molecule has 1 unspecified atom stereocenters. The molecule has 0 spiro atoms. The molecule has 0 amide bonds. The molecule has 0 aromatic rings. The second-order valence-corrected chi connectivity index (χ2v) is 5.79. The van der Waals surface area contributed by atoms with E-state index >= 15 is 0 Å². The summed E-state index contributed by atoms with van der Waals surface area (Å²) in [7, 11) is -3.62. The van der Waals surface area contributed by atoms with Crippen molar-refractivity contribution in [3.63, 3.8) is 0 Å². The molecular formula is C9H15N3O5S. The van der Waals surface area contributed by atoms with Crippen LogP contribution in [0.2, 0.25) is 0 Å². The van der Waals surface area contributed by atoms with E-state index in [0.717, 1.165) is 0 Å². The number of nitrogens with zero attached hydrogens (tertiary/aromatic N) is 3. The molecule has 0 bridgehead atoms. The molecule has 102 valence electrons. The number of ether oxygens (including phenoxy) is 2. The Balaban J connectivity index is 2.17. The molecule has 0 N–H and O–H groups in total. The number of hydrogen-bond acceptors (Lipinski definition) is 6. The molecule has 0 saturated carbocycles. The highest BCUT2D eigenvalue weighted by molar-refractivity contribution is 7.86. The number of morpholine rings is 2. The summed E-state index contributed by atoms with van der Waals surface area (Å²) in [5, 5.41) is 0. The van der Waals surface area contributed by atoms with Crippen LogP contribution in [-0.2, 0) is 24.5 Å². The third-order valence-electron chi connectivity index (χ3n) is 2.85. The Morgan fingerprint density at radius 3 is 2.44 bits per heavy atom. The molecule has 0 radical (unpaired) electrons. The van der Waals surface area contributed by atoms with Crippen LogP contribution in [0.1, 0.15) is 0 Å². The van der Waals surface area contributed by atoms with Gasteiger partial charge in [0, 0.05) is 19.6 Å². The zero-order valence-electron chi connectivity index (χ0n) is 9.82. The van der Waals surface area contributed by atoms with Crippen molar-refractivity contribution in [3.8, 4) is 0 Å². The lowest BCUT2D eigenvalue weighted by Gasteiger charge is -2.36. The fraction of sp³-hybridized carbons (Fsp3) is 0.889. The predicted molar refractivity (Wildman–Crippen MR) is 60.7 cm³/mol. The van der Waals surface area contributed by atoms with Crippen LogP contribution in [-0.4, -0.2) is 75.3 Å². The number of aliphatic imine (C=N–C) groups is 1. The topological polar surface area (TPSA) is 88.5 Å². The van der Waals surface area contributed by atoms with Crippen LogP contribution < -0.4 is 0 Å². The van der Waals surface area contributed by atoms with E-state index in [1.54, 1.807) is 0 Å². The Morgan fingerprint density at radius 2 is 1.78 bits per heavy atom. The van der Waals surface area contributed by atoms with E-state index in [0.29, 0.717) is 32.9 Å². The SMILES string of the molecule is O=C=NC1COCCN1S(=O)(=O)N1CCOCC1. The first kappa shape index (κ1) is 13.6. The Kier molecular flexibility index (Phi) is 4.44. The van der Waals surface area contributed by atoms with Gasteiger partial charge < -0.3 is 9.47 Å². The van der Waals surface area contributed by atoms with Crippen molar-refractivity contribution in [2.24, 2.45) is 4.99 Å². The summed E-state index contributed by atoms with van der Waals surface area (Å²) in [4.78, 5) is 13.8. The smallest absolute Gasteiger partial charge is 0.284 e. The quantitative estimate of drug-likeness (QED) is 0.465. The predicted octanol–water partition coefficient (Wildman–Crippen LogP) is -1.44. The van der Waals surface area contributed by atoms with Crippen LogP contribution in [0.3, 0.4) is 0 Å². The molecule has 2 aliphatic heterocycles. The molecule has 2 aliphatic rings. The van der Waals surface area contributed by atoms with Crippen LogP contribution in [0.25, 0.3) is 0 Å². The second kappa shape index (κ2) is 5.87. The van der Waals surface area contributed by atoms with Crippen molar-refractivity contribution in [2.75, 3.05) is 46.1 Å². The second-order valence-electron chi connectivity index (χ2n) is 3.91. The van der Waals surface area contributed by atoms with E-state index < -0.39 is 16.4 Å². The maximum absolute atomic E-state index is 12.4. The Hall–Kier alpha value is -0.830. The summed E-state index contributed by atoms with van der Waals surface area (Å²) in [6.45, 7) is 1.97. The van der Waals surface area contributed by atoms with Gasteiger partial charge >= 0.3 is 0 Å². The van der Waals surface area contributed by atoms with Gasteiger partial charge in [0.2, 0.25) is 6.08 Å². The molecule has 2 fully saturated rings. The summed E-state index contributed by atoms with van der Waals surface area (Å²) in [6.07, 6.45) is 0.572. The van der Waals surface area contributed by atoms with E-state index in [-0.39, 0.29) is 13.2 Å². The average Bonchev–Trinajstić information content (AvgIpc) is 2.41. The summed E-state index contributed by atoms with van der Waals surface area (Å²) in [5.41, 5.74) is 0. The standard InChI is InChI=1S/C9H15N3O5S/c13-8-10-9-7-17-6-3-12(9)18(14,15)11-1-4-16-5-2-11/h9H,1-7H2. The highest BCUT2D eigenvalue weighted by Gasteiger charge is 2.37. The first-order valence-corrected chi connectivity index (χ1v) is 7.05. The lowest BCUT2D eigenvalue weighted by molar-refractivity contribution is 0.0272. The van der Waals surface area contributed by atoms with Crippen LogP contribution in [0.4, 0.5) is 0 Å². The number of rotatable bonds is 3. The van der Waals surface area contributed by atoms with Gasteiger partial charge in [-0.25, -0.2) is 4.79 Å². The third-order valence-corrected chi connectivity index (χ3v) is 4.89. The lowest BCUT2D eigenvalue weighted by Crippen LogP contribution is -2.55. The molecule has 9 heteroatoms. The Labute approximate surface area is 105 Å². The highest BCUT2D eigenvalue weighted by Crippen LogP contribution is 2.17. The summed E-state index contributed by atoms with van der Waals surface area (Å²) in [5.74, 6) is 0. The number of hydrogen-bond donors (Lipinski definition) is 0. The van der Waals surface area contributed by atoms with Gasteiger partial charge in [0.05, 0.1) is 26.4 Å². The van der Waals surface area contributed by atoms with E-state index in [4.69, 9.17) is 9.47 Å². The van der Waals surface area contributed by atoms with Gasteiger partial charge in [-0.15, -0.1) is 0 Å². The van der Waals surface area contributed by atoms with Gasteiger partial charge in [-0.2, -0.15) is 22.0 Å². The minimum absolute atomic E-state index is 0.0822. The fourth-order valence-electron chi connectivity index (χ4n) is 1.93. The monoisotopic (exact) mass is 277 g/mol. The minimum Gasteiger partial charge on any atom is -0.379 e. The average molecular weight is 277 g/mol. The molecule has 0 aromatic heterocycles. The molecule has 2 heterocycles. The third kappa shape index (κ3) is 2.77. The summed E-state index contributed by atoms with van der Waals surface area (Å²) in [6, 6.07) is 0. The van der Waals surface area contributed by atoms with Crippen molar-refractivity contribution < 1.29 is 22.7 Å². The molecule has 2 rings (SSSR count). The van der Waals surface area contributed by atoms with Crippen molar-refractivity contribution in [1.82, 2.24) is 8.61 Å². The van der Waals surface area contributed by atoms with Gasteiger partial charge in [0.15, 0.2) is 6.17 Å². The Bertz CT molecular complexity index is 427. The molecule has 0 aliphatic carbocycles. The zero-order valence-corrected chi connectivity index (χ0v) is 10.6. The molecule has 18 heavy (non-hydrogen) atoms. The van der Waals surface area contributed by atoms with Gasteiger partial charge in [-0.1, -0.05) is 0 Å². The molecular weight excluding hydrogens is 262 g/mol. The fourth-order valence-corrected chi connectivity index (χ4v) is 3.56. The van der Waals surface area contributed by atoms with Crippen LogP contribution in [0.5, 0.6) is 0 Å². The molecule has 1 atom stereocenters. The van der Waals surface area contributed by atoms with Gasteiger partial charge in [-0.05, 0) is 0 Å². The van der Waals surface area contributed by atoms with E-state index in [2.05, 4.69) is 4.99 Å². The van der Waals surface area contributed by atoms with Gasteiger partial charge in [0.25, 0.3) is 10.2 Å². The van der Waals surface area contributed by atoms with Crippen molar-refractivity contribution >= 4 is 16.3 Å². The lowest BCUT2D eigenvalue weighted by atomic mass is 10.4. The van der Waals surface area contributed by atoms with Crippen LogP contribution >= 0.6 is 0 Å². The summed E-state index contributed by atoms with van der Waals surface area (Å²) < 4.78 is 37.5. The minimum atomic E-state index is -3.62. The normalized spacial score (nSPS) is 27.7. The van der Waals surface area contributed by atoms with Gasteiger partial charge in [-0.3, -0.25) is 0 Å². The first-order chi connectivity index (χ1) is 8.66. The van der Waals surface area contributed by atoms with E-state index in [1.165, 1.54) is 14.7 Å². The van der Waals surface area contributed by atoms with Crippen molar-refractivity contribution in [3.05, 3.63) is 0 Å². The maximum atomic E-state index is 12.4. The maximum Gasteiger partial charge on any atom is 0.284 e. The Morgan fingerprint density at radius 1 is 1.11 bits per heavy atom. The van der Waals surface area contributed by atoms with Gasteiger partial charge in [0.1, 0.15) is 0 Å². The molecule has 2 saturated heterocycles. The van der Waals surface area contributed by atoms with Crippen molar-refractivity contribution in [1.29, 1.82) is 0 Å². The van der Waals surface area contributed by atoms with E-state index in [1.807, 2.05) is 0 Å². The number of isocyanates is 1. The van der Waals surface area contributed by atoms with Crippen LogP contribution in [0, 0.1) is 0 Å². The van der Waals surface area contributed by atoms with Crippen LogP contribution in [0.15, 0.2) is 4.99 Å². The van der Waals surface area contributed by atoms with Crippen molar-refractivity contribution in [2.45, 2.75) is 6.17 Å². The van der Waals surface area contributed by atoms with E-state index in [9.17, 15) is 13.2 Å². The zero-order chi connectivity index (χ0) is 13.0. The number of carbonyl (C=O) groups excluding carboxylic acids is 1. The molecule has 8 nitrogen and oxygen atoms in total. The first-order valence-electron chi connectivity index (χ1n) is 5.65. The highest BCUT2D eigenvalue weighted by atomic mass is 32.2.